The van der Waals surface area contributed by atoms with Crippen LogP contribution >= 0.6 is 38.5 Å². The van der Waals surface area contributed by atoms with Gasteiger partial charge in [-0.15, -0.1) is 0 Å². The van der Waals surface area contributed by atoms with Crippen LogP contribution in [-0.2, 0) is 0 Å². The first-order chi connectivity index (χ1) is 6.06. The third-order valence-electron chi connectivity index (χ3n) is 1.45. The van der Waals surface area contributed by atoms with Crippen molar-refractivity contribution in [2.24, 2.45) is 0 Å². The largest absolute Gasteiger partial charge is 0.496 e. The molecule has 0 atom stereocenters. The van der Waals surface area contributed by atoms with E-state index in [1.54, 1.807) is 12.1 Å². The van der Waals surface area contributed by atoms with Gasteiger partial charge in [-0.1, -0.05) is 15.9 Å². The summed E-state index contributed by atoms with van der Waals surface area (Å²) < 4.78 is 6.32. The number of rotatable bonds is 2. The van der Waals surface area contributed by atoms with Crippen LogP contribution in [0.1, 0.15) is 10.4 Å². The van der Waals surface area contributed by atoms with Crippen LogP contribution in [0.3, 0.4) is 0 Å². The van der Waals surface area contributed by atoms with Gasteiger partial charge in [0, 0.05) is 4.47 Å². The van der Waals surface area contributed by atoms with Gasteiger partial charge in [0.1, 0.15) is 5.75 Å². The van der Waals surface area contributed by atoms with Gasteiger partial charge < -0.3 is 9.84 Å². The van der Waals surface area contributed by atoms with E-state index in [4.69, 9.17) is 9.84 Å². The van der Waals surface area contributed by atoms with Gasteiger partial charge in [-0.25, -0.2) is 4.79 Å². The zero-order chi connectivity index (χ0) is 10.0. The molecule has 13 heavy (non-hydrogen) atoms. The van der Waals surface area contributed by atoms with Gasteiger partial charge in [-0.3, -0.25) is 0 Å². The van der Waals surface area contributed by atoms with Gasteiger partial charge in [0.25, 0.3) is 0 Å². The lowest BCUT2D eigenvalue weighted by Gasteiger charge is -2.06. The molecular formula is C8H6BrIO3. The number of carboxylic acid groups (broad SMARTS) is 1. The van der Waals surface area contributed by atoms with Crippen molar-refractivity contribution in [2.75, 3.05) is 7.11 Å². The smallest absolute Gasteiger partial charge is 0.336 e. The van der Waals surface area contributed by atoms with Crippen LogP contribution in [0.4, 0.5) is 0 Å². The Morgan fingerprint density at radius 3 is 2.69 bits per heavy atom. The summed E-state index contributed by atoms with van der Waals surface area (Å²) in [6.45, 7) is 0. The number of aromatic carboxylic acids is 1. The van der Waals surface area contributed by atoms with Crippen molar-refractivity contribution in [3.8, 4) is 5.75 Å². The normalized spacial score (nSPS) is 9.77. The Morgan fingerprint density at radius 2 is 2.23 bits per heavy atom. The molecule has 1 aromatic carbocycles. The number of hydrogen-bond acceptors (Lipinski definition) is 2. The van der Waals surface area contributed by atoms with Crippen LogP contribution in [-0.4, -0.2) is 18.2 Å². The lowest BCUT2D eigenvalue weighted by atomic mass is 10.2. The molecule has 0 amide bonds. The second kappa shape index (κ2) is 4.28. The number of hydrogen-bond donors (Lipinski definition) is 1. The average molecular weight is 357 g/mol. The quantitative estimate of drug-likeness (QED) is 0.829. The summed E-state index contributed by atoms with van der Waals surface area (Å²) in [7, 11) is 1.51. The lowest BCUT2D eigenvalue weighted by molar-refractivity contribution is 0.0695. The molecular weight excluding hydrogens is 351 g/mol. The summed E-state index contributed by atoms with van der Waals surface area (Å²) in [5.74, 6) is -0.392. The van der Waals surface area contributed by atoms with Gasteiger partial charge >= 0.3 is 5.97 Å². The fourth-order valence-corrected chi connectivity index (χ4v) is 2.07. The van der Waals surface area contributed by atoms with Crippen LogP contribution in [0.25, 0.3) is 0 Å². The molecule has 0 fully saturated rings. The zero-order valence-electron chi connectivity index (χ0n) is 6.67. The number of ether oxygens (including phenoxy) is 1. The molecule has 0 spiro atoms. The topological polar surface area (TPSA) is 46.5 Å². The molecule has 70 valence electrons. The first-order valence-corrected chi connectivity index (χ1v) is 5.19. The maximum Gasteiger partial charge on any atom is 0.336 e. The number of carboxylic acids is 1. The Kier molecular flexibility index (Phi) is 3.55. The molecule has 0 aliphatic heterocycles. The van der Waals surface area contributed by atoms with Crippen LogP contribution < -0.4 is 4.74 Å². The molecule has 0 aliphatic rings. The lowest BCUT2D eigenvalue weighted by Crippen LogP contribution is -2.01. The van der Waals surface area contributed by atoms with Crippen molar-refractivity contribution in [3.63, 3.8) is 0 Å². The van der Waals surface area contributed by atoms with Gasteiger partial charge in [-0.2, -0.15) is 0 Å². The van der Waals surface area contributed by atoms with Crippen molar-refractivity contribution in [1.82, 2.24) is 0 Å². The second-order valence-electron chi connectivity index (χ2n) is 2.27. The molecule has 0 bridgehead atoms. The summed E-state index contributed by atoms with van der Waals surface area (Å²) in [6.07, 6.45) is 0. The predicted octanol–water partition coefficient (Wildman–Crippen LogP) is 2.76. The molecule has 0 heterocycles. The van der Waals surface area contributed by atoms with E-state index >= 15 is 0 Å². The monoisotopic (exact) mass is 356 g/mol. The minimum atomic E-state index is -0.955. The Labute approximate surface area is 97.4 Å². The van der Waals surface area contributed by atoms with Crippen molar-refractivity contribution < 1.29 is 14.6 Å². The van der Waals surface area contributed by atoms with Crippen LogP contribution in [0.2, 0.25) is 0 Å². The van der Waals surface area contributed by atoms with Crippen LogP contribution in [0, 0.1) is 3.57 Å². The molecule has 1 N–H and O–H groups in total. The summed E-state index contributed by atoms with van der Waals surface area (Å²) in [5.41, 5.74) is 0.242. The average Bonchev–Trinajstić information content (AvgIpc) is 2.08. The minimum absolute atomic E-state index is 0.242. The number of halogens is 2. The van der Waals surface area contributed by atoms with Crippen LogP contribution in [0.15, 0.2) is 16.6 Å². The Morgan fingerprint density at radius 1 is 1.62 bits per heavy atom. The Bertz CT molecular complexity index is 351. The molecule has 1 aromatic rings. The molecule has 0 saturated carbocycles. The number of benzene rings is 1. The van der Waals surface area contributed by atoms with E-state index in [9.17, 15) is 4.79 Å². The summed E-state index contributed by atoms with van der Waals surface area (Å²) in [4.78, 5) is 10.8. The molecule has 0 aliphatic carbocycles. The second-order valence-corrected chi connectivity index (χ2v) is 4.27. The molecule has 1 rings (SSSR count). The van der Waals surface area contributed by atoms with Crippen LogP contribution in [0.5, 0.6) is 5.75 Å². The molecule has 0 radical (unpaired) electrons. The first-order valence-electron chi connectivity index (χ1n) is 3.32. The van der Waals surface area contributed by atoms with Crippen molar-refractivity contribution in [1.29, 1.82) is 0 Å². The highest BCUT2D eigenvalue weighted by Gasteiger charge is 2.13. The third-order valence-corrected chi connectivity index (χ3v) is 3.02. The van der Waals surface area contributed by atoms with E-state index in [0.717, 1.165) is 0 Å². The van der Waals surface area contributed by atoms with E-state index < -0.39 is 5.97 Å². The highest BCUT2D eigenvalue weighted by molar-refractivity contribution is 14.1. The maximum atomic E-state index is 10.8. The number of carbonyl (C=O) groups is 1. The van der Waals surface area contributed by atoms with Gasteiger partial charge in [0.05, 0.1) is 16.2 Å². The molecule has 3 nitrogen and oxygen atoms in total. The SMILES string of the molecule is COc1cc(Br)cc(C(=O)O)c1I. The van der Waals surface area contributed by atoms with E-state index in [-0.39, 0.29) is 5.56 Å². The van der Waals surface area contributed by atoms with Crippen molar-refractivity contribution in [2.45, 2.75) is 0 Å². The highest BCUT2D eigenvalue weighted by atomic mass is 127. The van der Waals surface area contributed by atoms with Gasteiger partial charge in [-0.05, 0) is 34.7 Å². The fourth-order valence-electron chi connectivity index (χ4n) is 0.868. The van der Waals surface area contributed by atoms with Crippen molar-refractivity contribution >= 4 is 44.5 Å². The summed E-state index contributed by atoms with van der Waals surface area (Å²) >= 11 is 5.16. The maximum absolute atomic E-state index is 10.8. The predicted molar refractivity (Wildman–Crippen MR) is 60.4 cm³/mol. The summed E-state index contributed by atoms with van der Waals surface area (Å²) in [5, 5.41) is 8.83. The van der Waals surface area contributed by atoms with Gasteiger partial charge in [0.2, 0.25) is 0 Å². The minimum Gasteiger partial charge on any atom is -0.496 e. The third kappa shape index (κ3) is 2.34. The van der Waals surface area contributed by atoms with Gasteiger partial charge in [0.15, 0.2) is 0 Å². The van der Waals surface area contributed by atoms with Crippen molar-refractivity contribution in [3.05, 3.63) is 25.7 Å². The van der Waals surface area contributed by atoms with E-state index in [1.807, 2.05) is 22.6 Å². The standard InChI is InChI=1S/C8H6BrIO3/c1-13-6-3-4(9)2-5(7(6)10)8(11)12/h2-3H,1H3,(H,11,12). The fraction of sp³-hybridized carbons (Fsp3) is 0.125. The zero-order valence-corrected chi connectivity index (χ0v) is 10.4. The Balaban J connectivity index is 3.35. The highest BCUT2D eigenvalue weighted by Crippen LogP contribution is 2.28. The Hall–Kier alpha value is -0.300. The summed E-state index contributed by atoms with van der Waals surface area (Å²) in [6, 6.07) is 3.28. The molecule has 0 unspecified atom stereocenters. The molecule has 5 heteroatoms. The van der Waals surface area contributed by atoms with E-state index in [0.29, 0.717) is 13.8 Å². The first kappa shape index (κ1) is 10.8. The number of methoxy groups -OCH3 is 1. The van der Waals surface area contributed by atoms with E-state index in [1.165, 1.54) is 7.11 Å². The molecule has 0 aromatic heterocycles. The van der Waals surface area contributed by atoms with E-state index in [2.05, 4.69) is 15.9 Å². The molecule has 0 saturated heterocycles.